The van der Waals surface area contributed by atoms with Crippen LogP contribution in [-0.2, 0) is 16.0 Å². The van der Waals surface area contributed by atoms with Crippen molar-refractivity contribution < 1.29 is 9.53 Å². The maximum atomic E-state index is 12.6. The van der Waals surface area contributed by atoms with E-state index in [1.165, 1.54) is 0 Å². The number of hydrogen-bond acceptors (Lipinski definition) is 4. The highest BCUT2D eigenvalue weighted by Crippen LogP contribution is 2.22. The maximum absolute atomic E-state index is 12.6. The Hall–Kier alpha value is -2.47. The molecular weight excluding hydrogens is 318 g/mol. The lowest BCUT2D eigenvalue weighted by Gasteiger charge is -2.33. The van der Waals surface area contributed by atoms with Gasteiger partial charge in [0.1, 0.15) is 11.9 Å². The van der Waals surface area contributed by atoms with Crippen LogP contribution in [0.4, 0.5) is 0 Å². The number of H-pyrrole nitrogens is 1. The van der Waals surface area contributed by atoms with E-state index in [1.807, 2.05) is 42.2 Å². The zero-order chi connectivity index (χ0) is 17.8. The Balaban J connectivity index is 1.63. The van der Waals surface area contributed by atoms with Crippen molar-refractivity contribution in [1.82, 2.24) is 14.9 Å². The largest absolute Gasteiger partial charge is 0.370 e. The minimum atomic E-state index is -0.151. The SMILES string of the molecule is Cc1nc(C)c(CCC(=O)N2CCO[C@H](c3ccccc3)C2)c(=O)[nH]1. The molecule has 1 fully saturated rings. The smallest absolute Gasteiger partial charge is 0.254 e. The number of aromatic amines is 1. The second kappa shape index (κ2) is 7.61. The Labute approximate surface area is 146 Å². The molecule has 2 heterocycles. The zero-order valence-corrected chi connectivity index (χ0v) is 14.6. The van der Waals surface area contributed by atoms with Gasteiger partial charge in [0.05, 0.1) is 13.2 Å². The number of carbonyl (C=O) groups is 1. The topological polar surface area (TPSA) is 75.3 Å². The van der Waals surface area contributed by atoms with E-state index in [2.05, 4.69) is 9.97 Å². The molecule has 2 aromatic rings. The molecule has 0 bridgehead atoms. The van der Waals surface area contributed by atoms with Gasteiger partial charge >= 0.3 is 0 Å². The fourth-order valence-electron chi connectivity index (χ4n) is 3.18. The number of hydrogen-bond donors (Lipinski definition) is 1. The van der Waals surface area contributed by atoms with E-state index in [9.17, 15) is 9.59 Å². The predicted molar refractivity (Wildman–Crippen MR) is 94.4 cm³/mol. The van der Waals surface area contributed by atoms with Crippen LogP contribution in [-0.4, -0.2) is 40.5 Å². The van der Waals surface area contributed by atoms with Crippen LogP contribution in [0.2, 0.25) is 0 Å². The third-order valence-electron chi connectivity index (χ3n) is 4.52. The molecule has 0 spiro atoms. The Morgan fingerprint density at radius 1 is 1.32 bits per heavy atom. The first-order valence-corrected chi connectivity index (χ1v) is 8.55. The first-order valence-electron chi connectivity index (χ1n) is 8.55. The number of carbonyl (C=O) groups excluding carboxylic acids is 1. The number of amides is 1. The second-order valence-electron chi connectivity index (χ2n) is 6.33. The minimum Gasteiger partial charge on any atom is -0.370 e. The van der Waals surface area contributed by atoms with Gasteiger partial charge in [-0.2, -0.15) is 0 Å². The van der Waals surface area contributed by atoms with Crippen LogP contribution in [0, 0.1) is 13.8 Å². The van der Waals surface area contributed by atoms with E-state index in [-0.39, 0.29) is 17.6 Å². The molecule has 0 unspecified atom stereocenters. The molecule has 0 radical (unpaired) electrons. The number of nitrogens with zero attached hydrogens (tertiary/aromatic N) is 2. The van der Waals surface area contributed by atoms with Crippen molar-refractivity contribution in [2.45, 2.75) is 32.8 Å². The second-order valence-corrected chi connectivity index (χ2v) is 6.33. The minimum absolute atomic E-state index is 0.0450. The van der Waals surface area contributed by atoms with Crippen molar-refractivity contribution in [3.63, 3.8) is 0 Å². The average Bonchev–Trinajstić information content (AvgIpc) is 2.61. The number of benzene rings is 1. The fraction of sp³-hybridized carbons (Fsp3) is 0.421. The van der Waals surface area contributed by atoms with E-state index < -0.39 is 0 Å². The molecule has 3 rings (SSSR count). The van der Waals surface area contributed by atoms with Gasteiger partial charge in [0, 0.05) is 24.2 Å². The summed E-state index contributed by atoms with van der Waals surface area (Å²) in [5.74, 6) is 0.639. The average molecular weight is 341 g/mol. The van der Waals surface area contributed by atoms with Crippen molar-refractivity contribution >= 4 is 5.91 Å². The highest BCUT2D eigenvalue weighted by atomic mass is 16.5. The van der Waals surface area contributed by atoms with E-state index >= 15 is 0 Å². The molecular formula is C19H23N3O3. The lowest BCUT2D eigenvalue weighted by Crippen LogP contribution is -2.42. The van der Waals surface area contributed by atoms with E-state index in [1.54, 1.807) is 6.92 Å². The Morgan fingerprint density at radius 2 is 2.08 bits per heavy atom. The van der Waals surface area contributed by atoms with E-state index in [4.69, 9.17) is 4.74 Å². The van der Waals surface area contributed by atoms with Crippen molar-refractivity contribution in [2.75, 3.05) is 19.7 Å². The normalized spacial score (nSPS) is 17.5. The summed E-state index contributed by atoms with van der Waals surface area (Å²) in [6.07, 6.45) is 0.613. The Bertz CT molecular complexity index is 801. The first-order chi connectivity index (χ1) is 12.0. The van der Waals surface area contributed by atoms with Crippen LogP contribution in [0.25, 0.3) is 0 Å². The van der Waals surface area contributed by atoms with Crippen molar-refractivity contribution in [1.29, 1.82) is 0 Å². The molecule has 0 saturated carbocycles. The standard InChI is InChI=1S/C19H23N3O3/c1-13-16(19(24)21-14(2)20-13)8-9-18(23)22-10-11-25-17(12-22)15-6-4-3-5-7-15/h3-7,17H,8-12H2,1-2H3,(H,20,21,24)/t17-/m0/s1. The fourth-order valence-corrected chi connectivity index (χ4v) is 3.18. The van der Waals surface area contributed by atoms with E-state index in [0.29, 0.717) is 49.6 Å². The molecule has 1 aliphatic rings. The molecule has 6 nitrogen and oxygen atoms in total. The highest BCUT2D eigenvalue weighted by Gasteiger charge is 2.25. The van der Waals surface area contributed by atoms with Gasteiger partial charge in [-0.1, -0.05) is 30.3 Å². The van der Waals surface area contributed by atoms with E-state index in [0.717, 1.165) is 5.56 Å². The summed E-state index contributed by atoms with van der Waals surface area (Å²) in [4.78, 5) is 33.4. The molecule has 0 aliphatic carbocycles. The van der Waals surface area contributed by atoms with Crippen LogP contribution in [0.1, 0.15) is 35.2 Å². The molecule has 132 valence electrons. The van der Waals surface area contributed by atoms with Crippen molar-refractivity contribution in [3.8, 4) is 0 Å². The predicted octanol–water partition coefficient (Wildman–Crippen LogP) is 1.92. The Kier molecular flexibility index (Phi) is 5.28. The summed E-state index contributed by atoms with van der Waals surface area (Å²) in [6, 6.07) is 9.93. The van der Waals surface area contributed by atoms with Gasteiger partial charge in [-0.05, 0) is 25.8 Å². The molecule has 1 aromatic carbocycles. The third kappa shape index (κ3) is 4.14. The van der Waals surface area contributed by atoms with Crippen molar-refractivity contribution in [3.05, 3.63) is 63.3 Å². The van der Waals surface area contributed by atoms with Gasteiger partial charge in [0.2, 0.25) is 5.91 Å². The molecule has 1 amide bonds. The summed E-state index contributed by atoms with van der Waals surface area (Å²) < 4.78 is 5.80. The lowest BCUT2D eigenvalue weighted by atomic mass is 10.1. The molecule has 1 aliphatic heterocycles. The third-order valence-corrected chi connectivity index (χ3v) is 4.52. The van der Waals surface area contributed by atoms with Crippen molar-refractivity contribution in [2.24, 2.45) is 0 Å². The number of nitrogens with one attached hydrogen (secondary N) is 1. The zero-order valence-electron chi connectivity index (χ0n) is 14.6. The van der Waals surface area contributed by atoms with Gasteiger partial charge in [0.15, 0.2) is 0 Å². The molecule has 1 aromatic heterocycles. The summed E-state index contributed by atoms with van der Waals surface area (Å²) >= 11 is 0. The van der Waals surface area contributed by atoms with Crippen LogP contribution in [0.15, 0.2) is 35.1 Å². The highest BCUT2D eigenvalue weighted by molar-refractivity contribution is 5.76. The lowest BCUT2D eigenvalue weighted by molar-refractivity contribution is -0.139. The number of morpholine rings is 1. The quantitative estimate of drug-likeness (QED) is 0.922. The summed E-state index contributed by atoms with van der Waals surface area (Å²) in [6.45, 7) is 5.22. The summed E-state index contributed by atoms with van der Waals surface area (Å²) in [7, 11) is 0. The van der Waals surface area contributed by atoms with Crippen LogP contribution in [0.5, 0.6) is 0 Å². The number of ether oxygens (including phenoxy) is 1. The first kappa shape index (κ1) is 17.4. The van der Waals surface area contributed by atoms with Gasteiger partial charge in [0.25, 0.3) is 5.56 Å². The number of rotatable bonds is 4. The maximum Gasteiger partial charge on any atom is 0.254 e. The van der Waals surface area contributed by atoms with Crippen LogP contribution >= 0.6 is 0 Å². The van der Waals surface area contributed by atoms with Gasteiger partial charge in [-0.15, -0.1) is 0 Å². The molecule has 6 heteroatoms. The molecule has 1 atom stereocenters. The van der Waals surface area contributed by atoms with Gasteiger partial charge in [-0.3, -0.25) is 9.59 Å². The van der Waals surface area contributed by atoms with Crippen LogP contribution in [0.3, 0.4) is 0 Å². The number of aromatic nitrogens is 2. The van der Waals surface area contributed by atoms with Gasteiger partial charge in [-0.25, -0.2) is 4.98 Å². The summed E-state index contributed by atoms with van der Waals surface area (Å²) in [5.41, 5.74) is 2.21. The number of aryl methyl sites for hydroxylation is 2. The Morgan fingerprint density at radius 3 is 2.80 bits per heavy atom. The molecule has 1 N–H and O–H groups in total. The molecule has 1 saturated heterocycles. The van der Waals surface area contributed by atoms with Gasteiger partial charge < -0.3 is 14.6 Å². The monoisotopic (exact) mass is 341 g/mol. The molecule has 25 heavy (non-hydrogen) atoms. The van der Waals surface area contributed by atoms with Crippen LogP contribution < -0.4 is 5.56 Å². The summed E-state index contributed by atoms with van der Waals surface area (Å²) in [5, 5.41) is 0.